The van der Waals surface area contributed by atoms with Gasteiger partial charge in [0, 0.05) is 36.0 Å². The predicted octanol–water partition coefficient (Wildman–Crippen LogP) is 3.20. The average Bonchev–Trinajstić information content (AvgIpc) is 3.36. The van der Waals surface area contributed by atoms with Crippen molar-refractivity contribution in [3.05, 3.63) is 64.8 Å². The van der Waals surface area contributed by atoms with Crippen molar-refractivity contribution in [2.75, 3.05) is 19.7 Å². The number of fused-ring (bicyclic) bond motifs is 5. The number of amides is 2. The fraction of sp³-hybridized carbons (Fsp3) is 0.385. The van der Waals surface area contributed by atoms with Crippen LogP contribution in [0.2, 0.25) is 0 Å². The summed E-state index contributed by atoms with van der Waals surface area (Å²) in [5, 5.41) is 1.15. The number of ether oxygens (including phenoxy) is 1. The summed E-state index contributed by atoms with van der Waals surface area (Å²) in [6.45, 7) is 1.60. The summed E-state index contributed by atoms with van der Waals surface area (Å²) in [4.78, 5) is 34.4. The fourth-order valence-electron chi connectivity index (χ4n) is 5.81. The van der Waals surface area contributed by atoms with E-state index in [9.17, 15) is 9.59 Å². The molecule has 2 fully saturated rings. The van der Waals surface area contributed by atoms with Gasteiger partial charge >= 0.3 is 0 Å². The number of para-hydroxylation sites is 1. The Balaban J connectivity index is 1.39. The maximum Gasteiger partial charge on any atom is 0.246 e. The van der Waals surface area contributed by atoms with Crippen LogP contribution in [0.4, 0.5) is 0 Å². The third-order valence-electron chi connectivity index (χ3n) is 7.55. The van der Waals surface area contributed by atoms with E-state index in [1.54, 1.807) is 0 Å². The van der Waals surface area contributed by atoms with Gasteiger partial charge in [0.2, 0.25) is 11.8 Å². The maximum absolute atomic E-state index is 13.6. The van der Waals surface area contributed by atoms with E-state index in [-0.39, 0.29) is 24.4 Å². The molecule has 1 N–H and O–H groups in total. The van der Waals surface area contributed by atoms with Gasteiger partial charge in [-0.15, -0.1) is 0 Å². The molecule has 1 saturated heterocycles. The minimum atomic E-state index is -0.448. The SMILES string of the molecule is O=C1[C@@H]2Cc3c([nH]c4ccccc34)[C@H](c3ccc4c(c3)CCO4)N2C(=O)CN1CC1CC1. The van der Waals surface area contributed by atoms with Crippen LogP contribution in [0.25, 0.3) is 10.9 Å². The molecule has 0 radical (unpaired) electrons. The van der Waals surface area contributed by atoms with Gasteiger partial charge in [-0.1, -0.05) is 24.3 Å². The number of nitrogens with zero attached hydrogens (tertiary/aromatic N) is 2. The zero-order chi connectivity index (χ0) is 21.4. The number of aromatic nitrogens is 1. The van der Waals surface area contributed by atoms with Crippen molar-refractivity contribution in [1.29, 1.82) is 0 Å². The molecule has 162 valence electrons. The fourth-order valence-corrected chi connectivity index (χ4v) is 5.81. The lowest BCUT2D eigenvalue weighted by atomic mass is 9.85. The molecule has 2 amide bonds. The number of carbonyl (C=O) groups is 2. The lowest BCUT2D eigenvalue weighted by Crippen LogP contribution is -2.63. The second kappa shape index (κ2) is 6.61. The molecule has 1 aromatic heterocycles. The Kier molecular flexibility index (Phi) is 3.78. The predicted molar refractivity (Wildman–Crippen MR) is 119 cm³/mol. The van der Waals surface area contributed by atoms with Crippen LogP contribution in [0.15, 0.2) is 42.5 Å². The molecular formula is C26H25N3O3. The van der Waals surface area contributed by atoms with Crippen molar-refractivity contribution in [2.24, 2.45) is 5.92 Å². The van der Waals surface area contributed by atoms with Crippen LogP contribution >= 0.6 is 0 Å². The smallest absolute Gasteiger partial charge is 0.246 e. The molecule has 4 aliphatic rings. The summed E-state index contributed by atoms with van der Waals surface area (Å²) < 4.78 is 5.71. The topological polar surface area (TPSA) is 65.6 Å². The van der Waals surface area contributed by atoms with E-state index < -0.39 is 6.04 Å². The van der Waals surface area contributed by atoms with Crippen LogP contribution in [0.5, 0.6) is 5.75 Å². The molecule has 0 bridgehead atoms. The largest absolute Gasteiger partial charge is 0.493 e. The number of benzene rings is 2. The van der Waals surface area contributed by atoms with Gasteiger partial charge in [0.1, 0.15) is 11.8 Å². The highest BCUT2D eigenvalue weighted by molar-refractivity contribution is 5.97. The first-order valence-corrected chi connectivity index (χ1v) is 11.6. The van der Waals surface area contributed by atoms with Gasteiger partial charge in [-0.25, -0.2) is 0 Å². The summed E-state index contributed by atoms with van der Waals surface area (Å²) in [5.41, 5.74) is 5.48. The molecule has 0 spiro atoms. The van der Waals surface area contributed by atoms with Crippen molar-refractivity contribution in [2.45, 2.75) is 37.8 Å². The highest BCUT2D eigenvalue weighted by Gasteiger charge is 2.49. The van der Waals surface area contributed by atoms with Crippen molar-refractivity contribution < 1.29 is 14.3 Å². The van der Waals surface area contributed by atoms with Crippen LogP contribution in [0.3, 0.4) is 0 Å². The highest BCUT2D eigenvalue weighted by atomic mass is 16.5. The molecule has 7 rings (SSSR count). The summed E-state index contributed by atoms with van der Waals surface area (Å²) in [6.07, 6.45) is 3.77. The van der Waals surface area contributed by atoms with Gasteiger partial charge in [0.15, 0.2) is 0 Å². The lowest BCUT2D eigenvalue weighted by molar-refractivity contribution is -0.158. The third-order valence-corrected chi connectivity index (χ3v) is 7.55. The Morgan fingerprint density at radius 3 is 2.84 bits per heavy atom. The van der Waals surface area contributed by atoms with Crippen LogP contribution in [0, 0.1) is 5.92 Å². The Morgan fingerprint density at radius 1 is 1.09 bits per heavy atom. The van der Waals surface area contributed by atoms with E-state index in [4.69, 9.17) is 4.74 Å². The first-order chi connectivity index (χ1) is 15.7. The summed E-state index contributed by atoms with van der Waals surface area (Å²) in [5.74, 6) is 1.64. The number of rotatable bonds is 3. The molecule has 6 heteroatoms. The monoisotopic (exact) mass is 427 g/mol. The second-order valence-electron chi connectivity index (χ2n) is 9.61. The molecule has 0 unspecified atom stereocenters. The molecule has 2 atom stereocenters. The van der Waals surface area contributed by atoms with Crippen molar-refractivity contribution in [1.82, 2.24) is 14.8 Å². The molecule has 2 aromatic carbocycles. The van der Waals surface area contributed by atoms with E-state index in [0.717, 1.165) is 46.4 Å². The summed E-state index contributed by atoms with van der Waals surface area (Å²) >= 11 is 0. The number of aromatic amines is 1. The minimum absolute atomic E-state index is 0.0429. The van der Waals surface area contributed by atoms with Gasteiger partial charge in [-0.05, 0) is 53.6 Å². The number of hydrogen-bond donors (Lipinski definition) is 1. The zero-order valence-corrected chi connectivity index (χ0v) is 17.8. The number of carbonyl (C=O) groups excluding carboxylic acids is 2. The van der Waals surface area contributed by atoms with Gasteiger partial charge in [-0.3, -0.25) is 9.59 Å². The summed E-state index contributed by atoms with van der Waals surface area (Å²) in [6, 6.07) is 13.7. The highest BCUT2D eigenvalue weighted by Crippen LogP contribution is 2.44. The Labute approximate surface area is 186 Å². The minimum Gasteiger partial charge on any atom is -0.493 e. The lowest BCUT2D eigenvalue weighted by Gasteiger charge is -2.47. The second-order valence-corrected chi connectivity index (χ2v) is 9.61. The Bertz CT molecular complexity index is 1270. The number of piperazine rings is 1. The third kappa shape index (κ3) is 2.65. The van der Waals surface area contributed by atoms with E-state index >= 15 is 0 Å². The number of H-pyrrole nitrogens is 1. The first kappa shape index (κ1) is 18.3. The van der Waals surface area contributed by atoms with Gasteiger partial charge in [-0.2, -0.15) is 0 Å². The number of nitrogens with one attached hydrogen (secondary N) is 1. The molecule has 3 aromatic rings. The maximum atomic E-state index is 13.6. The molecule has 3 aliphatic heterocycles. The van der Waals surface area contributed by atoms with E-state index in [0.29, 0.717) is 18.9 Å². The normalized spacial score (nSPS) is 24.4. The summed E-state index contributed by atoms with van der Waals surface area (Å²) in [7, 11) is 0. The van der Waals surface area contributed by atoms with Crippen LogP contribution < -0.4 is 4.74 Å². The average molecular weight is 428 g/mol. The van der Waals surface area contributed by atoms with Gasteiger partial charge in [0.25, 0.3) is 0 Å². The Hall–Kier alpha value is -3.28. The van der Waals surface area contributed by atoms with Crippen LogP contribution in [0.1, 0.15) is 41.3 Å². The standard InChI is InChI=1S/C26H25N3O3/c30-23-14-28(13-15-5-6-15)26(31)21-12-19-18-3-1-2-4-20(18)27-24(19)25(29(21)23)17-7-8-22-16(11-17)9-10-32-22/h1-4,7-8,11,15,21,25,27H,5-6,9-10,12-14H2/t21-,25-/m0/s1. The molecule has 6 nitrogen and oxygen atoms in total. The molecule has 32 heavy (non-hydrogen) atoms. The molecule has 1 aliphatic carbocycles. The van der Waals surface area contributed by atoms with Crippen molar-refractivity contribution in [3.63, 3.8) is 0 Å². The van der Waals surface area contributed by atoms with Crippen molar-refractivity contribution in [3.8, 4) is 5.75 Å². The Morgan fingerprint density at radius 2 is 1.97 bits per heavy atom. The zero-order valence-electron chi connectivity index (χ0n) is 17.8. The van der Waals surface area contributed by atoms with Gasteiger partial charge in [0.05, 0.1) is 19.2 Å². The van der Waals surface area contributed by atoms with E-state index in [2.05, 4.69) is 29.2 Å². The number of hydrogen-bond acceptors (Lipinski definition) is 3. The molecule has 4 heterocycles. The quantitative estimate of drug-likeness (QED) is 0.698. The molecular weight excluding hydrogens is 402 g/mol. The van der Waals surface area contributed by atoms with E-state index in [1.807, 2.05) is 28.0 Å². The van der Waals surface area contributed by atoms with Crippen molar-refractivity contribution >= 4 is 22.7 Å². The van der Waals surface area contributed by atoms with Gasteiger partial charge < -0.3 is 19.5 Å². The van der Waals surface area contributed by atoms with Crippen LogP contribution in [-0.4, -0.2) is 52.3 Å². The van der Waals surface area contributed by atoms with Crippen LogP contribution in [-0.2, 0) is 22.4 Å². The molecule has 1 saturated carbocycles. The van der Waals surface area contributed by atoms with E-state index in [1.165, 1.54) is 18.4 Å². The first-order valence-electron chi connectivity index (χ1n) is 11.6.